The maximum atomic E-state index is 13.0. The number of amides is 1. The van der Waals surface area contributed by atoms with E-state index in [1.54, 1.807) is 16.2 Å². The first-order valence-electron chi connectivity index (χ1n) is 8.09. The van der Waals surface area contributed by atoms with Gasteiger partial charge in [0.15, 0.2) is 5.13 Å². The monoisotopic (exact) mass is 437 g/mol. The Morgan fingerprint density at radius 2 is 1.96 bits per heavy atom. The number of aryl methyl sites for hydroxylation is 1. The zero-order valence-corrected chi connectivity index (χ0v) is 17.7. The molecule has 3 aromatic rings. The number of aromatic nitrogens is 1. The SMILES string of the molecule is CCc1ccc2nc(N(CCN(C)C)C(=O)c3ccc(Br)s3)sc2c1. The molecular formula is C18H20BrN3OS2. The molecule has 0 aliphatic carbocycles. The number of carbonyl (C=O) groups is 1. The van der Waals surface area contributed by atoms with Crippen molar-refractivity contribution in [2.45, 2.75) is 13.3 Å². The largest absolute Gasteiger partial charge is 0.308 e. The average molecular weight is 438 g/mol. The van der Waals surface area contributed by atoms with Gasteiger partial charge in [-0.25, -0.2) is 4.98 Å². The topological polar surface area (TPSA) is 36.4 Å². The number of fused-ring (bicyclic) bond motifs is 1. The normalized spacial score (nSPS) is 11.4. The molecule has 0 saturated heterocycles. The number of nitrogens with zero attached hydrogens (tertiary/aromatic N) is 3. The fraction of sp³-hybridized carbons (Fsp3) is 0.333. The Morgan fingerprint density at radius 3 is 2.60 bits per heavy atom. The van der Waals surface area contributed by atoms with Crippen molar-refractivity contribution in [1.29, 1.82) is 0 Å². The van der Waals surface area contributed by atoms with Crippen LogP contribution in [0.1, 0.15) is 22.2 Å². The number of benzene rings is 1. The molecule has 0 saturated carbocycles. The van der Waals surface area contributed by atoms with Gasteiger partial charge in [0.1, 0.15) is 0 Å². The predicted molar refractivity (Wildman–Crippen MR) is 111 cm³/mol. The van der Waals surface area contributed by atoms with Gasteiger partial charge in [-0.2, -0.15) is 0 Å². The smallest absolute Gasteiger partial charge is 0.270 e. The molecule has 132 valence electrons. The molecule has 0 atom stereocenters. The second kappa shape index (κ2) is 7.95. The fourth-order valence-electron chi connectivity index (χ4n) is 2.44. The lowest BCUT2D eigenvalue weighted by Gasteiger charge is -2.21. The summed E-state index contributed by atoms with van der Waals surface area (Å²) in [5, 5.41) is 0.764. The zero-order chi connectivity index (χ0) is 18.0. The van der Waals surface area contributed by atoms with Crippen LogP contribution in [0.5, 0.6) is 0 Å². The number of rotatable bonds is 6. The molecule has 25 heavy (non-hydrogen) atoms. The van der Waals surface area contributed by atoms with Gasteiger partial charge in [0, 0.05) is 13.1 Å². The van der Waals surface area contributed by atoms with Crippen molar-refractivity contribution in [2.24, 2.45) is 0 Å². The van der Waals surface area contributed by atoms with E-state index in [9.17, 15) is 4.79 Å². The molecular weight excluding hydrogens is 418 g/mol. The number of carbonyl (C=O) groups excluding carboxylic acids is 1. The van der Waals surface area contributed by atoms with Crippen LogP contribution in [0, 0.1) is 0 Å². The molecule has 0 N–H and O–H groups in total. The lowest BCUT2D eigenvalue weighted by Crippen LogP contribution is -2.36. The zero-order valence-electron chi connectivity index (χ0n) is 14.5. The third kappa shape index (κ3) is 4.28. The van der Waals surface area contributed by atoms with Crippen molar-refractivity contribution < 1.29 is 4.79 Å². The van der Waals surface area contributed by atoms with E-state index in [4.69, 9.17) is 4.98 Å². The van der Waals surface area contributed by atoms with Crippen molar-refractivity contribution in [2.75, 3.05) is 32.1 Å². The predicted octanol–water partition coefficient (Wildman–Crippen LogP) is 4.89. The Kier molecular flexibility index (Phi) is 5.89. The van der Waals surface area contributed by atoms with Gasteiger partial charge in [0.05, 0.1) is 18.9 Å². The molecule has 0 radical (unpaired) electrons. The maximum Gasteiger partial charge on any atom is 0.270 e. The fourth-order valence-corrected chi connectivity index (χ4v) is 4.83. The highest BCUT2D eigenvalue weighted by Crippen LogP contribution is 2.32. The van der Waals surface area contributed by atoms with E-state index in [2.05, 4.69) is 39.9 Å². The molecule has 7 heteroatoms. The van der Waals surface area contributed by atoms with Gasteiger partial charge in [0.2, 0.25) is 0 Å². The minimum atomic E-state index is 0.00678. The summed E-state index contributed by atoms with van der Waals surface area (Å²) in [5.41, 5.74) is 2.24. The number of halogens is 1. The van der Waals surface area contributed by atoms with Crippen LogP contribution in [0.3, 0.4) is 0 Å². The third-order valence-corrected chi connectivity index (χ3v) is 6.53. The Balaban J connectivity index is 1.97. The summed E-state index contributed by atoms with van der Waals surface area (Å²) in [5.74, 6) is 0.00678. The van der Waals surface area contributed by atoms with Crippen molar-refractivity contribution in [3.63, 3.8) is 0 Å². The lowest BCUT2D eigenvalue weighted by molar-refractivity contribution is 0.0989. The molecule has 0 bridgehead atoms. The second-order valence-electron chi connectivity index (χ2n) is 6.02. The standard InChI is InChI=1S/C18H20BrN3OS2/c1-4-12-5-6-13-15(11-12)25-18(20-13)22(10-9-21(2)3)17(23)14-7-8-16(19)24-14/h5-8,11H,4,9-10H2,1-3H3. The van der Waals surface area contributed by atoms with Gasteiger partial charge in [-0.05, 0) is 66.3 Å². The van der Waals surface area contributed by atoms with Crippen LogP contribution in [-0.4, -0.2) is 43.0 Å². The first-order chi connectivity index (χ1) is 12.0. The van der Waals surface area contributed by atoms with Crippen LogP contribution in [0.4, 0.5) is 5.13 Å². The van der Waals surface area contributed by atoms with E-state index in [1.807, 2.05) is 32.3 Å². The van der Waals surface area contributed by atoms with E-state index in [0.29, 0.717) is 6.54 Å². The number of hydrogen-bond acceptors (Lipinski definition) is 5. The summed E-state index contributed by atoms with van der Waals surface area (Å²) in [6.45, 7) is 3.54. The summed E-state index contributed by atoms with van der Waals surface area (Å²) in [6, 6.07) is 10.1. The van der Waals surface area contributed by atoms with E-state index < -0.39 is 0 Å². The average Bonchev–Trinajstić information content (AvgIpc) is 3.19. The number of anilines is 1. The van der Waals surface area contributed by atoms with Crippen LogP contribution in [0.25, 0.3) is 10.2 Å². The van der Waals surface area contributed by atoms with Crippen molar-refractivity contribution >= 4 is 59.9 Å². The van der Waals surface area contributed by atoms with E-state index >= 15 is 0 Å². The van der Waals surface area contributed by atoms with E-state index in [0.717, 1.165) is 37.0 Å². The van der Waals surface area contributed by atoms with Gasteiger partial charge in [-0.1, -0.05) is 24.3 Å². The summed E-state index contributed by atoms with van der Waals surface area (Å²) in [4.78, 5) is 22.4. The van der Waals surface area contributed by atoms with Crippen LogP contribution < -0.4 is 4.90 Å². The highest BCUT2D eigenvalue weighted by Gasteiger charge is 2.22. The summed E-state index contributed by atoms with van der Waals surface area (Å²) in [7, 11) is 4.02. The van der Waals surface area contributed by atoms with Gasteiger partial charge in [0.25, 0.3) is 5.91 Å². The molecule has 1 aromatic carbocycles. The first-order valence-corrected chi connectivity index (χ1v) is 10.5. The molecule has 2 aromatic heterocycles. The number of thiazole rings is 1. The molecule has 0 unspecified atom stereocenters. The number of thiophene rings is 1. The van der Waals surface area contributed by atoms with Crippen LogP contribution in [0.15, 0.2) is 34.1 Å². The molecule has 4 nitrogen and oxygen atoms in total. The maximum absolute atomic E-state index is 13.0. The van der Waals surface area contributed by atoms with Gasteiger partial charge in [-0.3, -0.25) is 9.69 Å². The van der Waals surface area contributed by atoms with Crippen LogP contribution >= 0.6 is 38.6 Å². The molecule has 1 amide bonds. The highest BCUT2D eigenvalue weighted by molar-refractivity contribution is 9.11. The van der Waals surface area contributed by atoms with Crippen molar-refractivity contribution in [3.8, 4) is 0 Å². The Labute approximate surface area is 164 Å². The quantitative estimate of drug-likeness (QED) is 0.550. The minimum absolute atomic E-state index is 0.00678. The molecule has 0 spiro atoms. The van der Waals surface area contributed by atoms with Gasteiger partial charge < -0.3 is 4.90 Å². The number of likely N-dealkylation sites (N-methyl/N-ethyl adjacent to an activating group) is 1. The van der Waals surface area contributed by atoms with Crippen molar-refractivity contribution in [1.82, 2.24) is 9.88 Å². The third-order valence-electron chi connectivity index (χ3n) is 3.88. The first kappa shape index (κ1) is 18.5. The highest BCUT2D eigenvalue weighted by atomic mass is 79.9. The minimum Gasteiger partial charge on any atom is -0.308 e. The Morgan fingerprint density at radius 1 is 1.16 bits per heavy atom. The molecule has 2 heterocycles. The molecule has 0 aliphatic heterocycles. The van der Waals surface area contributed by atoms with Gasteiger partial charge in [-0.15, -0.1) is 11.3 Å². The Bertz CT molecular complexity index is 887. The van der Waals surface area contributed by atoms with Crippen molar-refractivity contribution in [3.05, 3.63) is 44.6 Å². The van der Waals surface area contributed by atoms with Crippen LogP contribution in [-0.2, 0) is 6.42 Å². The molecule has 0 aliphatic rings. The van der Waals surface area contributed by atoms with Crippen LogP contribution in [0.2, 0.25) is 0 Å². The van der Waals surface area contributed by atoms with E-state index in [1.165, 1.54) is 16.9 Å². The lowest BCUT2D eigenvalue weighted by atomic mass is 10.2. The summed E-state index contributed by atoms with van der Waals surface area (Å²) >= 11 is 6.48. The van der Waals surface area contributed by atoms with Gasteiger partial charge >= 0.3 is 0 Å². The summed E-state index contributed by atoms with van der Waals surface area (Å²) < 4.78 is 2.09. The summed E-state index contributed by atoms with van der Waals surface area (Å²) in [6.07, 6.45) is 0.996. The second-order valence-corrected chi connectivity index (χ2v) is 9.49. The molecule has 0 fully saturated rings. The number of hydrogen-bond donors (Lipinski definition) is 0. The Hall–Kier alpha value is -1.28. The molecule has 3 rings (SSSR count). The van der Waals surface area contributed by atoms with E-state index in [-0.39, 0.29) is 5.91 Å².